The molecule has 1 aliphatic heterocycles. The lowest BCUT2D eigenvalue weighted by atomic mass is 9.65. The third kappa shape index (κ3) is 2.50. The highest BCUT2D eigenvalue weighted by atomic mass is 16.6. The van der Waals surface area contributed by atoms with Crippen molar-refractivity contribution in [2.45, 2.75) is 52.2 Å². The Morgan fingerprint density at radius 1 is 1.55 bits per heavy atom. The fraction of sp³-hybridized carbons (Fsp3) is 0.706. The zero-order chi connectivity index (χ0) is 15.1. The molecule has 0 unspecified atom stereocenters. The number of hydrogen-bond donors (Lipinski definition) is 1. The molecule has 0 spiro atoms. The second kappa shape index (κ2) is 5.26. The van der Waals surface area contributed by atoms with Gasteiger partial charge in [-0.25, -0.2) is 0 Å². The lowest BCUT2D eigenvalue weighted by Crippen LogP contribution is -2.52. The SMILES string of the molecule is C#C[C@](C)(O)[C@@H]1C[C@H]2C(C)=CC[C@H](C(C)C)[C@H]2C(=O)O1. The average molecular weight is 276 g/mol. The summed E-state index contributed by atoms with van der Waals surface area (Å²) in [5, 5.41) is 10.2. The highest BCUT2D eigenvalue weighted by molar-refractivity contribution is 5.75. The molecule has 0 aromatic carbocycles. The van der Waals surface area contributed by atoms with Gasteiger partial charge in [0.05, 0.1) is 5.92 Å². The first kappa shape index (κ1) is 15.1. The maximum absolute atomic E-state index is 12.4. The van der Waals surface area contributed by atoms with Crippen LogP contribution in [0.3, 0.4) is 0 Å². The van der Waals surface area contributed by atoms with Gasteiger partial charge < -0.3 is 9.84 Å². The molecular formula is C17H24O3. The van der Waals surface area contributed by atoms with Gasteiger partial charge in [0.25, 0.3) is 0 Å². The second-order valence-electron chi connectivity index (χ2n) is 6.68. The van der Waals surface area contributed by atoms with Crippen molar-refractivity contribution in [2.24, 2.45) is 23.7 Å². The van der Waals surface area contributed by atoms with Gasteiger partial charge in [0.1, 0.15) is 6.10 Å². The molecule has 0 aromatic rings. The van der Waals surface area contributed by atoms with Crippen LogP contribution in [-0.2, 0) is 9.53 Å². The highest BCUT2D eigenvalue weighted by Gasteiger charge is 2.49. The summed E-state index contributed by atoms with van der Waals surface area (Å²) < 4.78 is 5.48. The van der Waals surface area contributed by atoms with Gasteiger partial charge in [0, 0.05) is 0 Å². The van der Waals surface area contributed by atoms with Crippen molar-refractivity contribution in [2.75, 3.05) is 0 Å². The molecule has 1 N–H and O–H groups in total. The molecule has 1 aliphatic carbocycles. The van der Waals surface area contributed by atoms with Gasteiger partial charge in [-0.2, -0.15) is 0 Å². The van der Waals surface area contributed by atoms with E-state index < -0.39 is 11.7 Å². The Balaban J connectivity index is 2.30. The van der Waals surface area contributed by atoms with Crippen molar-refractivity contribution in [1.29, 1.82) is 0 Å². The van der Waals surface area contributed by atoms with E-state index in [9.17, 15) is 9.90 Å². The largest absolute Gasteiger partial charge is 0.458 e. The Labute approximate surface area is 121 Å². The van der Waals surface area contributed by atoms with Gasteiger partial charge in [0.15, 0.2) is 5.60 Å². The Morgan fingerprint density at radius 3 is 2.75 bits per heavy atom. The summed E-state index contributed by atoms with van der Waals surface area (Å²) in [4.78, 5) is 12.4. The normalized spacial score (nSPS) is 36.5. The van der Waals surface area contributed by atoms with Gasteiger partial charge in [-0.1, -0.05) is 31.4 Å². The number of hydrogen-bond acceptors (Lipinski definition) is 3. The standard InChI is InChI=1S/C17H24O3/c1-6-17(5,19)14-9-13-11(4)7-8-12(10(2)3)15(13)16(18)20-14/h1,7,10,12-15,19H,8-9H2,2-5H3/t12-,13+,14+,15-,17+/m1/s1. The van der Waals surface area contributed by atoms with Gasteiger partial charge in [0.2, 0.25) is 0 Å². The molecule has 1 saturated heterocycles. The Morgan fingerprint density at radius 2 is 2.20 bits per heavy atom. The molecule has 1 heterocycles. The molecule has 0 aromatic heterocycles. The van der Waals surface area contributed by atoms with Crippen LogP contribution < -0.4 is 0 Å². The van der Waals surface area contributed by atoms with Crippen molar-refractivity contribution in [3.63, 3.8) is 0 Å². The fourth-order valence-electron chi connectivity index (χ4n) is 3.49. The third-order valence-electron chi connectivity index (χ3n) is 4.97. The van der Waals surface area contributed by atoms with Crippen LogP contribution in [0.15, 0.2) is 11.6 Å². The van der Waals surface area contributed by atoms with Crippen molar-refractivity contribution in [1.82, 2.24) is 0 Å². The summed E-state index contributed by atoms with van der Waals surface area (Å²) in [7, 11) is 0. The molecule has 5 atom stereocenters. The van der Waals surface area contributed by atoms with Crippen molar-refractivity contribution < 1.29 is 14.6 Å². The Bertz CT molecular complexity index is 467. The summed E-state index contributed by atoms with van der Waals surface area (Å²) in [6.07, 6.45) is 8.50. The average Bonchev–Trinajstić information content (AvgIpc) is 2.39. The van der Waals surface area contributed by atoms with E-state index in [-0.39, 0.29) is 17.8 Å². The molecule has 0 amide bonds. The second-order valence-corrected chi connectivity index (χ2v) is 6.68. The van der Waals surface area contributed by atoms with Gasteiger partial charge in [-0.15, -0.1) is 6.42 Å². The first-order chi connectivity index (χ1) is 9.27. The van der Waals surface area contributed by atoms with E-state index in [0.29, 0.717) is 18.3 Å². The van der Waals surface area contributed by atoms with Crippen LogP contribution in [0.4, 0.5) is 0 Å². The quantitative estimate of drug-likeness (QED) is 0.479. The van der Waals surface area contributed by atoms with E-state index in [1.807, 2.05) is 0 Å². The molecule has 3 nitrogen and oxygen atoms in total. The minimum Gasteiger partial charge on any atom is -0.458 e. The lowest BCUT2D eigenvalue weighted by molar-refractivity contribution is -0.181. The van der Waals surface area contributed by atoms with Crippen LogP contribution in [0.5, 0.6) is 0 Å². The Kier molecular flexibility index (Phi) is 3.97. The number of rotatable bonds is 2. The van der Waals surface area contributed by atoms with Crippen LogP contribution in [0.1, 0.15) is 40.5 Å². The maximum Gasteiger partial charge on any atom is 0.310 e. The van der Waals surface area contributed by atoms with E-state index in [4.69, 9.17) is 11.2 Å². The molecule has 110 valence electrons. The van der Waals surface area contributed by atoms with Gasteiger partial charge >= 0.3 is 5.97 Å². The van der Waals surface area contributed by atoms with Crippen molar-refractivity contribution >= 4 is 5.97 Å². The van der Waals surface area contributed by atoms with E-state index in [0.717, 1.165) is 6.42 Å². The molecule has 0 saturated carbocycles. The van der Waals surface area contributed by atoms with E-state index >= 15 is 0 Å². The van der Waals surface area contributed by atoms with Crippen LogP contribution >= 0.6 is 0 Å². The van der Waals surface area contributed by atoms with Gasteiger partial charge in [-0.3, -0.25) is 4.79 Å². The number of carbonyl (C=O) groups excluding carboxylic acids is 1. The van der Waals surface area contributed by atoms with E-state index in [1.54, 1.807) is 0 Å². The van der Waals surface area contributed by atoms with Crippen LogP contribution in [-0.4, -0.2) is 22.8 Å². The zero-order valence-corrected chi connectivity index (χ0v) is 12.7. The molecule has 0 radical (unpaired) electrons. The first-order valence-corrected chi connectivity index (χ1v) is 7.35. The topological polar surface area (TPSA) is 46.5 Å². The summed E-state index contributed by atoms with van der Waals surface area (Å²) in [5.74, 6) is 2.93. The summed E-state index contributed by atoms with van der Waals surface area (Å²) in [5.41, 5.74) is -0.174. The number of cyclic esters (lactones) is 1. The monoisotopic (exact) mass is 276 g/mol. The minimum atomic E-state index is -1.40. The highest BCUT2D eigenvalue weighted by Crippen LogP contribution is 2.45. The van der Waals surface area contributed by atoms with E-state index in [1.165, 1.54) is 12.5 Å². The molecular weight excluding hydrogens is 252 g/mol. The Hall–Kier alpha value is -1.27. The number of ether oxygens (including phenoxy) is 1. The number of terminal acetylenes is 1. The fourth-order valence-corrected chi connectivity index (χ4v) is 3.49. The predicted octanol–water partition coefficient (Wildman–Crippen LogP) is 2.54. The molecule has 0 bridgehead atoms. The summed E-state index contributed by atoms with van der Waals surface area (Å²) in [6.45, 7) is 7.89. The lowest BCUT2D eigenvalue weighted by Gasteiger charge is -2.45. The van der Waals surface area contributed by atoms with Crippen molar-refractivity contribution in [3.05, 3.63) is 11.6 Å². The molecule has 2 aliphatic rings. The summed E-state index contributed by atoms with van der Waals surface area (Å²) in [6, 6.07) is 0. The van der Waals surface area contributed by atoms with E-state index in [2.05, 4.69) is 32.8 Å². The zero-order valence-electron chi connectivity index (χ0n) is 12.7. The minimum absolute atomic E-state index is 0.0928. The number of allylic oxidation sites excluding steroid dienone is 2. The van der Waals surface area contributed by atoms with Crippen LogP contribution in [0.25, 0.3) is 0 Å². The number of fused-ring (bicyclic) bond motifs is 1. The van der Waals surface area contributed by atoms with Gasteiger partial charge in [-0.05, 0) is 44.4 Å². The predicted molar refractivity (Wildman–Crippen MR) is 77.6 cm³/mol. The number of esters is 1. The number of aliphatic hydroxyl groups is 1. The smallest absolute Gasteiger partial charge is 0.310 e. The van der Waals surface area contributed by atoms with Crippen LogP contribution in [0.2, 0.25) is 0 Å². The molecule has 3 heteroatoms. The molecule has 20 heavy (non-hydrogen) atoms. The molecule has 2 rings (SSSR count). The van der Waals surface area contributed by atoms with Crippen LogP contribution in [0, 0.1) is 36.0 Å². The first-order valence-electron chi connectivity index (χ1n) is 7.35. The number of carbonyl (C=O) groups is 1. The molecule has 1 fully saturated rings. The maximum atomic E-state index is 12.4. The third-order valence-corrected chi connectivity index (χ3v) is 4.97. The van der Waals surface area contributed by atoms with Crippen molar-refractivity contribution in [3.8, 4) is 12.3 Å². The summed E-state index contributed by atoms with van der Waals surface area (Å²) >= 11 is 0.